The van der Waals surface area contributed by atoms with E-state index in [-0.39, 0.29) is 0 Å². The molecule has 0 aromatic rings. The molecule has 1 saturated heterocycles. The number of hydrogen-bond acceptors (Lipinski definition) is 2. The Morgan fingerprint density at radius 2 is 2.40 bits per heavy atom. The van der Waals surface area contributed by atoms with Gasteiger partial charge < -0.3 is 9.64 Å². The van der Waals surface area contributed by atoms with Gasteiger partial charge in [0.2, 0.25) is 0 Å². The van der Waals surface area contributed by atoms with E-state index in [1.165, 1.54) is 51.7 Å². The second kappa shape index (κ2) is 5.66. The Kier molecular flexibility index (Phi) is 4.21. The molecule has 2 heterocycles. The third-order valence-electron chi connectivity index (χ3n) is 3.59. The van der Waals surface area contributed by atoms with Crippen molar-refractivity contribution in [1.29, 1.82) is 0 Å². The highest BCUT2D eigenvalue weighted by Gasteiger charge is 2.18. The van der Waals surface area contributed by atoms with Crippen molar-refractivity contribution in [3.63, 3.8) is 0 Å². The zero-order valence-electron chi connectivity index (χ0n) is 9.87. The van der Waals surface area contributed by atoms with E-state index in [9.17, 15) is 0 Å². The molecule has 2 aliphatic rings. The predicted molar refractivity (Wildman–Crippen MR) is 63.0 cm³/mol. The SMILES string of the molecule is CCN1CCC=C(CC2CCCO2)CC1. The molecule has 0 spiro atoms. The molecule has 2 aliphatic heterocycles. The minimum absolute atomic E-state index is 0.532. The van der Waals surface area contributed by atoms with Crippen LogP contribution in [0.2, 0.25) is 0 Å². The molecule has 0 aromatic heterocycles. The fraction of sp³-hybridized carbons (Fsp3) is 0.846. The van der Waals surface area contributed by atoms with Gasteiger partial charge in [0, 0.05) is 19.7 Å². The summed E-state index contributed by atoms with van der Waals surface area (Å²) in [6.45, 7) is 6.92. The first kappa shape index (κ1) is 11.2. The van der Waals surface area contributed by atoms with E-state index in [0.717, 1.165) is 6.61 Å². The molecule has 1 atom stereocenters. The lowest BCUT2D eigenvalue weighted by molar-refractivity contribution is 0.110. The van der Waals surface area contributed by atoms with Crippen molar-refractivity contribution < 1.29 is 4.74 Å². The van der Waals surface area contributed by atoms with Gasteiger partial charge in [-0.25, -0.2) is 0 Å². The topological polar surface area (TPSA) is 12.5 Å². The van der Waals surface area contributed by atoms with Gasteiger partial charge in [-0.1, -0.05) is 18.6 Å². The lowest BCUT2D eigenvalue weighted by Crippen LogP contribution is -2.24. The molecule has 0 aliphatic carbocycles. The largest absolute Gasteiger partial charge is 0.378 e. The molecule has 0 aromatic carbocycles. The van der Waals surface area contributed by atoms with Crippen LogP contribution in [-0.4, -0.2) is 37.2 Å². The third kappa shape index (κ3) is 3.32. The summed E-state index contributed by atoms with van der Waals surface area (Å²) in [5, 5.41) is 0. The van der Waals surface area contributed by atoms with Crippen molar-refractivity contribution in [1.82, 2.24) is 4.90 Å². The third-order valence-corrected chi connectivity index (χ3v) is 3.59. The molecule has 1 unspecified atom stereocenters. The Bertz CT molecular complexity index is 219. The summed E-state index contributed by atoms with van der Waals surface area (Å²) in [5.41, 5.74) is 1.64. The minimum Gasteiger partial charge on any atom is -0.378 e. The highest BCUT2D eigenvalue weighted by atomic mass is 16.5. The first-order valence-electron chi connectivity index (χ1n) is 6.40. The molecular formula is C13H23NO. The summed E-state index contributed by atoms with van der Waals surface area (Å²) in [6, 6.07) is 0. The van der Waals surface area contributed by atoms with Crippen LogP contribution in [0.4, 0.5) is 0 Å². The first-order valence-corrected chi connectivity index (χ1v) is 6.40. The molecule has 86 valence electrons. The first-order chi connectivity index (χ1) is 7.38. The van der Waals surface area contributed by atoms with Gasteiger partial charge in [0.05, 0.1) is 6.10 Å². The van der Waals surface area contributed by atoms with Gasteiger partial charge >= 0.3 is 0 Å². The maximum absolute atomic E-state index is 5.70. The quantitative estimate of drug-likeness (QED) is 0.662. The van der Waals surface area contributed by atoms with Crippen molar-refractivity contribution in [2.45, 2.75) is 45.1 Å². The van der Waals surface area contributed by atoms with E-state index < -0.39 is 0 Å². The number of nitrogens with zero attached hydrogens (tertiary/aromatic N) is 1. The second-order valence-corrected chi connectivity index (χ2v) is 4.67. The molecule has 0 amide bonds. The van der Waals surface area contributed by atoms with E-state index in [4.69, 9.17) is 4.74 Å². The van der Waals surface area contributed by atoms with Crippen molar-refractivity contribution in [3.8, 4) is 0 Å². The van der Waals surface area contributed by atoms with Crippen LogP contribution in [-0.2, 0) is 4.74 Å². The summed E-state index contributed by atoms with van der Waals surface area (Å²) in [4.78, 5) is 2.54. The van der Waals surface area contributed by atoms with Crippen LogP contribution in [0.3, 0.4) is 0 Å². The van der Waals surface area contributed by atoms with Crippen molar-refractivity contribution in [2.75, 3.05) is 26.2 Å². The maximum atomic E-state index is 5.70. The number of rotatable bonds is 3. The molecule has 1 fully saturated rings. The molecule has 0 radical (unpaired) electrons. The Balaban J connectivity index is 1.79. The molecule has 2 nitrogen and oxygen atoms in total. The Morgan fingerprint density at radius 3 is 3.13 bits per heavy atom. The van der Waals surface area contributed by atoms with Crippen LogP contribution in [0.15, 0.2) is 11.6 Å². The summed E-state index contributed by atoms with van der Waals surface area (Å²) >= 11 is 0. The lowest BCUT2D eigenvalue weighted by Gasteiger charge is -2.17. The van der Waals surface area contributed by atoms with Crippen molar-refractivity contribution >= 4 is 0 Å². The highest BCUT2D eigenvalue weighted by molar-refractivity contribution is 5.06. The van der Waals surface area contributed by atoms with Crippen LogP contribution in [0.1, 0.15) is 39.0 Å². The van der Waals surface area contributed by atoms with Gasteiger partial charge in [-0.15, -0.1) is 0 Å². The van der Waals surface area contributed by atoms with Gasteiger partial charge in [0.1, 0.15) is 0 Å². The Labute approximate surface area is 93.3 Å². The molecule has 0 N–H and O–H groups in total. The maximum Gasteiger partial charge on any atom is 0.0613 e. The monoisotopic (exact) mass is 209 g/mol. The van der Waals surface area contributed by atoms with Gasteiger partial charge in [0.25, 0.3) is 0 Å². The standard InChI is InChI=1S/C13H23NO/c1-2-14-8-3-5-12(7-9-14)11-13-6-4-10-15-13/h5,13H,2-4,6-11H2,1H3. The fourth-order valence-corrected chi connectivity index (χ4v) is 2.57. The van der Waals surface area contributed by atoms with Crippen molar-refractivity contribution in [2.24, 2.45) is 0 Å². The van der Waals surface area contributed by atoms with Crippen LogP contribution >= 0.6 is 0 Å². The highest BCUT2D eigenvalue weighted by Crippen LogP contribution is 2.23. The average molecular weight is 209 g/mol. The van der Waals surface area contributed by atoms with E-state index in [1.807, 2.05) is 0 Å². The van der Waals surface area contributed by atoms with Gasteiger partial charge in [-0.3, -0.25) is 0 Å². The van der Waals surface area contributed by atoms with Crippen LogP contribution in [0.25, 0.3) is 0 Å². The van der Waals surface area contributed by atoms with Gasteiger partial charge in [-0.05, 0) is 38.6 Å². The lowest BCUT2D eigenvalue weighted by atomic mass is 10.0. The summed E-state index contributed by atoms with van der Waals surface area (Å²) in [6.07, 6.45) is 9.20. The smallest absolute Gasteiger partial charge is 0.0613 e. The minimum atomic E-state index is 0.532. The normalized spacial score (nSPS) is 28.9. The zero-order valence-corrected chi connectivity index (χ0v) is 9.87. The molecular weight excluding hydrogens is 186 g/mol. The summed E-state index contributed by atoms with van der Waals surface area (Å²) in [7, 11) is 0. The van der Waals surface area contributed by atoms with E-state index in [1.54, 1.807) is 5.57 Å². The zero-order chi connectivity index (χ0) is 10.5. The average Bonchev–Trinajstić information content (AvgIpc) is 2.64. The van der Waals surface area contributed by atoms with Crippen LogP contribution in [0, 0.1) is 0 Å². The van der Waals surface area contributed by atoms with Crippen LogP contribution in [0.5, 0.6) is 0 Å². The van der Waals surface area contributed by atoms with E-state index >= 15 is 0 Å². The Morgan fingerprint density at radius 1 is 1.47 bits per heavy atom. The molecule has 15 heavy (non-hydrogen) atoms. The summed E-state index contributed by atoms with van der Waals surface area (Å²) in [5.74, 6) is 0. The van der Waals surface area contributed by atoms with Gasteiger partial charge in [0.15, 0.2) is 0 Å². The number of ether oxygens (including phenoxy) is 1. The Hall–Kier alpha value is -0.340. The van der Waals surface area contributed by atoms with Gasteiger partial charge in [-0.2, -0.15) is 0 Å². The van der Waals surface area contributed by atoms with Crippen LogP contribution < -0.4 is 0 Å². The van der Waals surface area contributed by atoms with E-state index in [2.05, 4.69) is 17.9 Å². The number of hydrogen-bond donors (Lipinski definition) is 0. The second-order valence-electron chi connectivity index (χ2n) is 4.67. The predicted octanol–water partition coefficient (Wildman–Crippen LogP) is 2.60. The molecule has 0 bridgehead atoms. The summed E-state index contributed by atoms with van der Waals surface area (Å²) < 4.78 is 5.70. The molecule has 0 saturated carbocycles. The molecule has 2 rings (SSSR count). The fourth-order valence-electron chi connectivity index (χ4n) is 2.57. The van der Waals surface area contributed by atoms with Crippen molar-refractivity contribution in [3.05, 3.63) is 11.6 Å². The molecule has 2 heteroatoms. The van der Waals surface area contributed by atoms with E-state index in [0.29, 0.717) is 6.10 Å².